The monoisotopic (exact) mass is 226 g/mol. The minimum atomic E-state index is -0.0271. The first kappa shape index (κ1) is 11.9. The summed E-state index contributed by atoms with van der Waals surface area (Å²) < 4.78 is 5.43. The molecule has 0 aromatic heterocycles. The molecule has 1 amide bonds. The Morgan fingerprint density at radius 3 is 2.50 bits per heavy atom. The van der Waals surface area contributed by atoms with Gasteiger partial charge in [-0.3, -0.25) is 4.79 Å². The molecule has 0 bridgehead atoms. The summed E-state index contributed by atoms with van der Waals surface area (Å²) in [5.41, 5.74) is -0.0271. The van der Waals surface area contributed by atoms with Crippen LogP contribution in [-0.4, -0.2) is 60.6 Å². The van der Waals surface area contributed by atoms with Gasteiger partial charge in [-0.1, -0.05) is 0 Å². The number of amides is 1. The van der Waals surface area contributed by atoms with Gasteiger partial charge in [-0.25, -0.2) is 0 Å². The van der Waals surface area contributed by atoms with Crippen LogP contribution >= 0.6 is 0 Å². The van der Waals surface area contributed by atoms with Crippen molar-refractivity contribution in [3.05, 3.63) is 0 Å². The molecule has 16 heavy (non-hydrogen) atoms. The predicted molar refractivity (Wildman–Crippen MR) is 62.3 cm³/mol. The Labute approximate surface area is 97.5 Å². The van der Waals surface area contributed by atoms with E-state index < -0.39 is 0 Å². The summed E-state index contributed by atoms with van der Waals surface area (Å²) in [6, 6.07) is 0.600. The lowest BCUT2D eigenvalue weighted by molar-refractivity contribution is -0.159. The molecular formula is C12H22N2O2. The summed E-state index contributed by atoms with van der Waals surface area (Å²) in [6.07, 6.45) is 2.07. The number of hydrogen-bond acceptors (Lipinski definition) is 3. The molecule has 2 aliphatic rings. The Kier molecular flexibility index (Phi) is 3.22. The largest absolute Gasteiger partial charge is 0.369 e. The number of morpholine rings is 1. The second-order valence-corrected chi connectivity index (χ2v) is 5.30. The van der Waals surface area contributed by atoms with Crippen molar-refractivity contribution in [3.8, 4) is 0 Å². The maximum absolute atomic E-state index is 11.7. The topological polar surface area (TPSA) is 32.8 Å². The van der Waals surface area contributed by atoms with Crippen LogP contribution in [0.5, 0.6) is 0 Å². The molecule has 0 unspecified atom stereocenters. The highest BCUT2D eigenvalue weighted by Crippen LogP contribution is 2.31. The van der Waals surface area contributed by atoms with Gasteiger partial charge in [0.25, 0.3) is 0 Å². The maximum Gasteiger partial charge on any atom is 0.248 e. The number of carbonyl (C=O) groups excluding carboxylic acids is 1. The molecular weight excluding hydrogens is 204 g/mol. The van der Waals surface area contributed by atoms with E-state index >= 15 is 0 Å². The van der Waals surface area contributed by atoms with Crippen molar-refractivity contribution in [2.24, 2.45) is 0 Å². The van der Waals surface area contributed by atoms with E-state index in [0.29, 0.717) is 12.6 Å². The molecule has 0 aromatic rings. The van der Waals surface area contributed by atoms with Crippen LogP contribution in [0.2, 0.25) is 0 Å². The molecule has 1 spiro atoms. The minimum absolute atomic E-state index is 0.0271. The van der Waals surface area contributed by atoms with Crippen molar-refractivity contribution in [3.63, 3.8) is 0 Å². The average molecular weight is 226 g/mol. The molecule has 0 saturated carbocycles. The van der Waals surface area contributed by atoms with Crippen LogP contribution in [0.4, 0.5) is 0 Å². The highest BCUT2D eigenvalue weighted by atomic mass is 16.5. The zero-order chi connectivity index (χ0) is 11.8. The fourth-order valence-electron chi connectivity index (χ4n) is 2.72. The Morgan fingerprint density at radius 1 is 1.31 bits per heavy atom. The number of likely N-dealkylation sites (N-methyl/N-ethyl adjacent to an activating group) is 1. The zero-order valence-corrected chi connectivity index (χ0v) is 10.5. The third-order valence-corrected chi connectivity index (χ3v) is 4.14. The van der Waals surface area contributed by atoms with Gasteiger partial charge in [-0.2, -0.15) is 0 Å². The molecule has 0 radical (unpaired) electrons. The Bertz CT molecular complexity index is 270. The van der Waals surface area contributed by atoms with E-state index in [1.54, 1.807) is 0 Å². The van der Waals surface area contributed by atoms with Gasteiger partial charge >= 0.3 is 0 Å². The molecule has 92 valence electrons. The summed E-state index contributed by atoms with van der Waals surface area (Å²) in [6.45, 7) is 7.55. The van der Waals surface area contributed by atoms with Crippen molar-refractivity contribution in [1.29, 1.82) is 0 Å². The fraction of sp³-hybridized carbons (Fsp3) is 0.917. The molecule has 0 aromatic carbocycles. The van der Waals surface area contributed by atoms with Gasteiger partial charge < -0.3 is 14.5 Å². The molecule has 4 nitrogen and oxygen atoms in total. The summed E-state index contributed by atoms with van der Waals surface area (Å²) >= 11 is 0. The first-order valence-corrected chi connectivity index (χ1v) is 6.14. The molecule has 2 fully saturated rings. The smallest absolute Gasteiger partial charge is 0.248 e. The molecule has 0 atom stereocenters. The van der Waals surface area contributed by atoms with E-state index in [1.165, 1.54) is 0 Å². The van der Waals surface area contributed by atoms with Gasteiger partial charge in [0.1, 0.15) is 6.61 Å². The Balaban J connectivity index is 2.02. The van der Waals surface area contributed by atoms with E-state index in [9.17, 15) is 4.79 Å². The fourth-order valence-corrected chi connectivity index (χ4v) is 2.72. The third kappa shape index (κ3) is 1.96. The molecule has 2 heterocycles. The van der Waals surface area contributed by atoms with Gasteiger partial charge in [0.2, 0.25) is 5.91 Å². The van der Waals surface area contributed by atoms with Crippen LogP contribution in [0.1, 0.15) is 26.7 Å². The van der Waals surface area contributed by atoms with Crippen molar-refractivity contribution < 1.29 is 9.53 Å². The predicted octanol–water partition coefficient (Wildman–Crippen LogP) is 0.718. The van der Waals surface area contributed by atoms with Gasteiger partial charge in [-0.05, 0) is 26.7 Å². The van der Waals surface area contributed by atoms with Crippen molar-refractivity contribution in [1.82, 2.24) is 9.80 Å². The number of likely N-dealkylation sites (tertiary alicyclic amines) is 1. The first-order chi connectivity index (χ1) is 7.55. The van der Waals surface area contributed by atoms with Crippen LogP contribution in [-0.2, 0) is 9.53 Å². The molecule has 2 rings (SSSR count). The zero-order valence-electron chi connectivity index (χ0n) is 10.5. The van der Waals surface area contributed by atoms with Gasteiger partial charge in [0.05, 0.1) is 12.1 Å². The lowest BCUT2D eigenvalue weighted by Gasteiger charge is -2.50. The van der Waals surface area contributed by atoms with Crippen molar-refractivity contribution in [2.45, 2.75) is 38.3 Å². The van der Waals surface area contributed by atoms with Gasteiger partial charge in [0.15, 0.2) is 0 Å². The lowest BCUT2D eigenvalue weighted by Crippen LogP contribution is -2.62. The van der Waals surface area contributed by atoms with E-state index in [4.69, 9.17) is 4.74 Å². The molecule has 2 saturated heterocycles. The summed E-state index contributed by atoms with van der Waals surface area (Å²) in [5, 5.41) is 0. The quantitative estimate of drug-likeness (QED) is 0.660. The van der Waals surface area contributed by atoms with Crippen LogP contribution in [0.15, 0.2) is 0 Å². The van der Waals surface area contributed by atoms with Crippen molar-refractivity contribution in [2.75, 3.05) is 33.4 Å². The molecule has 4 heteroatoms. The molecule has 0 N–H and O–H groups in total. The normalized spacial score (nSPS) is 26.8. The second-order valence-electron chi connectivity index (χ2n) is 5.30. The Morgan fingerprint density at radius 2 is 1.94 bits per heavy atom. The average Bonchev–Trinajstić information content (AvgIpc) is 2.27. The highest BCUT2D eigenvalue weighted by Gasteiger charge is 2.43. The first-order valence-electron chi connectivity index (χ1n) is 6.14. The number of carbonyl (C=O) groups is 1. The van der Waals surface area contributed by atoms with Crippen LogP contribution < -0.4 is 0 Å². The third-order valence-electron chi connectivity index (χ3n) is 4.14. The lowest BCUT2D eigenvalue weighted by atomic mass is 9.85. The van der Waals surface area contributed by atoms with Gasteiger partial charge in [-0.15, -0.1) is 0 Å². The number of ether oxygens (including phenoxy) is 1. The number of nitrogens with zero attached hydrogens (tertiary/aromatic N) is 2. The summed E-state index contributed by atoms with van der Waals surface area (Å²) in [5.74, 6) is 0.129. The molecule has 0 aliphatic carbocycles. The number of piperidine rings is 1. The van der Waals surface area contributed by atoms with E-state index in [1.807, 2.05) is 11.9 Å². The van der Waals surface area contributed by atoms with Crippen LogP contribution in [0.25, 0.3) is 0 Å². The maximum atomic E-state index is 11.7. The van der Waals surface area contributed by atoms with Crippen LogP contribution in [0, 0.1) is 0 Å². The minimum Gasteiger partial charge on any atom is -0.369 e. The second kappa shape index (κ2) is 4.34. The van der Waals surface area contributed by atoms with Crippen LogP contribution in [0.3, 0.4) is 0 Å². The summed E-state index contributed by atoms with van der Waals surface area (Å²) in [4.78, 5) is 16.1. The number of rotatable bonds is 1. The standard InChI is InChI=1S/C12H22N2O2/c1-10(2)14-6-4-12(5-7-14)9-16-8-11(15)13(12)3/h10H,4-9H2,1-3H3. The Hall–Kier alpha value is -0.610. The van der Waals surface area contributed by atoms with E-state index in [2.05, 4.69) is 18.7 Å². The SMILES string of the molecule is CC(C)N1CCC2(CC1)COCC(=O)N2C. The van der Waals surface area contributed by atoms with Crippen molar-refractivity contribution >= 4 is 5.91 Å². The van der Waals surface area contributed by atoms with E-state index in [0.717, 1.165) is 25.9 Å². The van der Waals surface area contributed by atoms with E-state index in [-0.39, 0.29) is 18.1 Å². The number of hydrogen-bond donors (Lipinski definition) is 0. The van der Waals surface area contributed by atoms with Gasteiger partial charge in [0, 0.05) is 26.2 Å². The summed E-state index contributed by atoms with van der Waals surface area (Å²) in [7, 11) is 1.93. The highest BCUT2D eigenvalue weighted by molar-refractivity contribution is 5.78. The molecule has 2 aliphatic heterocycles.